The smallest absolute Gasteiger partial charge is 0.504 e. The highest BCUT2D eigenvalue weighted by molar-refractivity contribution is 7.46. The summed E-state index contributed by atoms with van der Waals surface area (Å²) in [5.41, 5.74) is 2.03. The molecule has 19 heteroatoms. The number of aromatic hydroxyl groups is 2. The van der Waals surface area contributed by atoms with Gasteiger partial charge in [-0.1, -0.05) is 36.4 Å². The Balaban J connectivity index is 1.17. The fourth-order valence-electron chi connectivity index (χ4n) is 6.49. The molecule has 5 aromatic rings. The number of nitrogens with zero attached hydrogens (tertiary/aromatic N) is 1. The minimum absolute atomic E-state index is 0.00582. The lowest BCUT2D eigenvalue weighted by Gasteiger charge is -2.16. The number of nitriles is 1. The number of anilines is 3. The summed E-state index contributed by atoms with van der Waals surface area (Å²) in [5.74, 6) is -5.70. The van der Waals surface area contributed by atoms with E-state index < -0.39 is 54.5 Å². The van der Waals surface area contributed by atoms with Crippen molar-refractivity contribution in [2.24, 2.45) is 5.92 Å². The summed E-state index contributed by atoms with van der Waals surface area (Å²) in [6, 6.07) is 24.9. The number of phenols is 2. The zero-order valence-corrected chi connectivity index (χ0v) is 36.7. The molecule has 0 bridgehead atoms. The van der Waals surface area contributed by atoms with Crippen LogP contribution in [-0.4, -0.2) is 69.3 Å². The van der Waals surface area contributed by atoms with E-state index in [1.54, 1.807) is 25.1 Å². The first-order valence-electron chi connectivity index (χ1n) is 19.7. The number of methoxy groups -OCH3 is 2. The second kappa shape index (κ2) is 21.5. The molecule has 0 aliphatic rings. The molecule has 0 saturated carbocycles. The van der Waals surface area contributed by atoms with Gasteiger partial charge in [-0.3, -0.25) is 38.6 Å². The molecule has 1 atom stereocenters. The molecular weight excluding hydrogens is 876 g/mol. The number of Topliss-reactive ketones (excluding diaryl/α,β-unsaturated/α-hetero) is 3. The van der Waals surface area contributed by atoms with Gasteiger partial charge in [0.25, 0.3) is 11.8 Å². The molecule has 0 aliphatic carbocycles. The molecule has 0 spiro atoms. The average Bonchev–Trinajstić information content (AvgIpc) is 3.26. The van der Waals surface area contributed by atoms with Gasteiger partial charge in [0, 0.05) is 36.1 Å². The predicted molar refractivity (Wildman–Crippen MR) is 241 cm³/mol. The quantitative estimate of drug-likeness (QED) is 0.0244. The molecule has 0 saturated heterocycles. The van der Waals surface area contributed by atoms with Crippen LogP contribution in [0.3, 0.4) is 0 Å². The number of carbonyl (C=O) groups is 6. The molecular formula is C47H43N4O14P. The van der Waals surface area contributed by atoms with Gasteiger partial charge in [0.05, 0.1) is 48.7 Å². The molecule has 0 fully saturated rings. The van der Waals surface area contributed by atoms with Gasteiger partial charge < -0.3 is 40.2 Å². The van der Waals surface area contributed by atoms with Crippen LogP contribution in [0.25, 0.3) is 6.08 Å². The van der Waals surface area contributed by atoms with Crippen LogP contribution in [0, 0.1) is 17.2 Å². The van der Waals surface area contributed by atoms with Crippen LogP contribution in [0.15, 0.2) is 103 Å². The van der Waals surface area contributed by atoms with Crippen LogP contribution >= 0.6 is 7.82 Å². The number of phenolic OH excluding ortho intramolecular Hbond substituents is 2. The number of phosphoric ester groups is 1. The Bertz CT molecular complexity index is 2810. The Morgan fingerprint density at radius 3 is 1.80 bits per heavy atom. The van der Waals surface area contributed by atoms with E-state index in [-0.39, 0.29) is 81.6 Å². The van der Waals surface area contributed by atoms with Gasteiger partial charge in [0.15, 0.2) is 40.3 Å². The lowest BCUT2D eigenvalue weighted by atomic mass is 9.94. The SMILES string of the molecule is COc1c(NC(=O)c2ccc(NC(=O)c3ccc(NC(=O)[C@H](CC#N)CC(=O)c4ccc(CC(=O)/C(C)=C/c5ccc(OP(=O)(O)O)cc5)cc4)cc3)c(OC)c2O)ccc(C(C)=O)c1O. The third-order valence-corrected chi connectivity index (χ3v) is 10.4. The number of ether oxygens (including phenoxy) is 2. The largest absolute Gasteiger partial charge is 0.524 e. The molecule has 0 aromatic heterocycles. The summed E-state index contributed by atoms with van der Waals surface area (Å²) in [7, 11) is -2.25. The van der Waals surface area contributed by atoms with E-state index in [9.17, 15) is 48.8 Å². The molecule has 18 nitrogen and oxygen atoms in total. The number of rotatable bonds is 19. The summed E-state index contributed by atoms with van der Waals surface area (Å²) in [5, 5.41) is 38.6. The van der Waals surface area contributed by atoms with Crippen LogP contribution in [-0.2, 0) is 20.6 Å². The van der Waals surface area contributed by atoms with Crippen molar-refractivity contribution in [2.75, 3.05) is 30.2 Å². The molecule has 0 heterocycles. The first-order valence-corrected chi connectivity index (χ1v) is 21.3. The zero-order chi connectivity index (χ0) is 48.3. The van der Waals surface area contributed by atoms with E-state index in [1.165, 1.54) is 106 Å². The topological polar surface area (TPSA) is 288 Å². The van der Waals surface area contributed by atoms with E-state index >= 15 is 0 Å². The summed E-state index contributed by atoms with van der Waals surface area (Å²) in [6.07, 6.45) is 1.07. The predicted octanol–water partition coefficient (Wildman–Crippen LogP) is 7.25. The minimum Gasteiger partial charge on any atom is -0.504 e. The molecule has 5 aromatic carbocycles. The number of hydrogen-bond acceptors (Lipinski definition) is 13. The fraction of sp³-hybridized carbons (Fsp3) is 0.170. The maximum atomic E-state index is 13.3. The summed E-state index contributed by atoms with van der Waals surface area (Å²) < 4.78 is 26.0. The van der Waals surface area contributed by atoms with Crippen LogP contribution in [0.4, 0.5) is 17.1 Å². The summed E-state index contributed by atoms with van der Waals surface area (Å²) in [6.45, 7) is 2.88. The maximum absolute atomic E-state index is 13.3. The zero-order valence-electron chi connectivity index (χ0n) is 35.8. The fourth-order valence-corrected chi connectivity index (χ4v) is 6.88. The lowest BCUT2D eigenvalue weighted by Crippen LogP contribution is -2.25. The van der Waals surface area contributed by atoms with Crippen molar-refractivity contribution < 1.29 is 67.3 Å². The van der Waals surface area contributed by atoms with E-state index in [4.69, 9.17) is 19.3 Å². The normalized spacial score (nSPS) is 11.6. The Morgan fingerprint density at radius 2 is 1.26 bits per heavy atom. The molecule has 3 amide bonds. The van der Waals surface area contributed by atoms with Gasteiger partial charge in [0.2, 0.25) is 5.91 Å². The number of hydrogen-bond donors (Lipinski definition) is 7. The Morgan fingerprint density at radius 1 is 0.712 bits per heavy atom. The second-order valence-corrected chi connectivity index (χ2v) is 15.7. The first-order chi connectivity index (χ1) is 31.3. The van der Waals surface area contributed by atoms with Gasteiger partial charge in [-0.15, -0.1) is 0 Å². The van der Waals surface area contributed by atoms with E-state index in [0.29, 0.717) is 16.7 Å². The van der Waals surface area contributed by atoms with Crippen molar-refractivity contribution in [3.05, 3.63) is 136 Å². The Kier molecular flexibility index (Phi) is 16.0. The third-order valence-electron chi connectivity index (χ3n) is 9.91. The van der Waals surface area contributed by atoms with Gasteiger partial charge in [0.1, 0.15) is 5.75 Å². The van der Waals surface area contributed by atoms with Crippen molar-refractivity contribution in [1.82, 2.24) is 0 Å². The van der Waals surface area contributed by atoms with Crippen LogP contribution in [0.1, 0.15) is 79.2 Å². The monoisotopic (exact) mass is 918 g/mol. The number of ketones is 3. The van der Waals surface area contributed by atoms with Crippen LogP contribution < -0.4 is 29.9 Å². The van der Waals surface area contributed by atoms with Gasteiger partial charge in [-0.25, -0.2) is 4.57 Å². The van der Waals surface area contributed by atoms with Crippen molar-refractivity contribution in [3.8, 4) is 34.8 Å². The number of amides is 3. The Labute approximate surface area is 377 Å². The van der Waals surface area contributed by atoms with Gasteiger partial charge >= 0.3 is 7.82 Å². The van der Waals surface area contributed by atoms with Gasteiger partial charge in [-0.05, 0) is 97.3 Å². The van der Waals surface area contributed by atoms with Crippen molar-refractivity contribution >= 4 is 66.0 Å². The van der Waals surface area contributed by atoms with E-state index in [1.807, 2.05) is 6.07 Å². The molecule has 0 aliphatic heterocycles. The molecule has 5 rings (SSSR count). The maximum Gasteiger partial charge on any atom is 0.524 e. The standard InChI is InChI=1S/C47H43N4O14P/c1-26(23-28-7-15-34(16-8-28)65-66(60,61)62)39(53)24-29-5-9-30(10-6-29)40(54)25-32(21-22-48)46(58)49-33-13-11-31(12-14-33)45(57)50-37-20-18-36(42(56)44(37)64-4)47(59)51-38-19-17-35(27(2)52)41(55)43(38)63-3/h5-20,23,32,55-56H,21,24-25H2,1-4H3,(H,49,58)(H,50,57)(H,51,59)(H2,60,61,62)/b26-23+/t32-/m1/s1. The summed E-state index contributed by atoms with van der Waals surface area (Å²) >= 11 is 0. The van der Waals surface area contributed by atoms with Crippen LogP contribution in [0.5, 0.6) is 28.7 Å². The third kappa shape index (κ3) is 12.5. The summed E-state index contributed by atoms with van der Waals surface area (Å²) in [4.78, 5) is 95.5. The average molecular weight is 919 g/mol. The van der Waals surface area contributed by atoms with Crippen molar-refractivity contribution in [1.29, 1.82) is 5.26 Å². The highest BCUT2D eigenvalue weighted by atomic mass is 31.2. The van der Waals surface area contributed by atoms with Crippen molar-refractivity contribution in [2.45, 2.75) is 33.1 Å². The molecule has 7 N–H and O–H groups in total. The van der Waals surface area contributed by atoms with E-state index in [2.05, 4.69) is 20.5 Å². The molecule has 0 radical (unpaired) electrons. The number of allylic oxidation sites excluding steroid dienone is 1. The molecule has 66 heavy (non-hydrogen) atoms. The highest BCUT2D eigenvalue weighted by Gasteiger charge is 2.25. The number of phosphoric acid groups is 1. The van der Waals surface area contributed by atoms with E-state index in [0.717, 1.165) is 0 Å². The Hall–Kier alpha value is -8.10. The highest BCUT2D eigenvalue weighted by Crippen LogP contribution is 2.41. The van der Waals surface area contributed by atoms with Gasteiger partial charge in [-0.2, -0.15) is 5.26 Å². The number of benzene rings is 5. The molecule has 0 unspecified atom stereocenters. The first kappa shape index (κ1) is 48.9. The number of carbonyl (C=O) groups excluding carboxylic acids is 6. The number of nitrogens with one attached hydrogen (secondary N) is 3. The van der Waals surface area contributed by atoms with Crippen LogP contribution in [0.2, 0.25) is 0 Å². The second-order valence-electron chi connectivity index (χ2n) is 14.6. The lowest BCUT2D eigenvalue weighted by molar-refractivity contribution is -0.119. The molecule has 340 valence electrons. The van der Waals surface area contributed by atoms with Crippen molar-refractivity contribution in [3.63, 3.8) is 0 Å². The minimum atomic E-state index is -4.70.